The van der Waals surface area contributed by atoms with Crippen LogP contribution in [0, 0.1) is 10.1 Å². The number of nitrogens with two attached hydrogens (primary N) is 1. The lowest BCUT2D eigenvalue weighted by Crippen LogP contribution is -2.17. The van der Waals surface area contributed by atoms with E-state index in [1.54, 1.807) is 0 Å². The minimum absolute atomic E-state index is 0. The largest absolute Gasteiger partial charge is 0.573 e. The zero-order valence-electron chi connectivity index (χ0n) is 11.9. The smallest absolute Gasteiger partial charge is 0.508 e. The van der Waals surface area contributed by atoms with Gasteiger partial charge in [-0.15, -0.1) is 25.6 Å². The average molecular weight is 365 g/mol. The molecular weight excluding hydrogens is 353 g/mol. The Morgan fingerprint density at radius 1 is 1.17 bits per heavy atom. The lowest BCUT2D eigenvalue weighted by atomic mass is 9.98. The van der Waals surface area contributed by atoms with Crippen LogP contribution >= 0.6 is 12.4 Å². The van der Waals surface area contributed by atoms with E-state index in [1.807, 2.05) is 0 Å². The molecule has 0 aliphatic rings. The predicted octanol–water partition coefficient (Wildman–Crippen LogP) is 3.67. The summed E-state index contributed by atoms with van der Waals surface area (Å²) in [5, 5.41) is 20.5. The van der Waals surface area contributed by atoms with Gasteiger partial charge in [-0.3, -0.25) is 10.1 Å². The third-order valence-corrected chi connectivity index (χ3v) is 3.03. The molecule has 6 nitrogen and oxygen atoms in total. The van der Waals surface area contributed by atoms with Crippen molar-refractivity contribution in [3.05, 3.63) is 63.7 Å². The van der Waals surface area contributed by atoms with Crippen LogP contribution < -0.4 is 10.5 Å². The van der Waals surface area contributed by atoms with Crippen molar-refractivity contribution in [1.29, 1.82) is 0 Å². The van der Waals surface area contributed by atoms with Gasteiger partial charge in [0.05, 0.1) is 11.0 Å². The second-order valence-corrected chi connectivity index (χ2v) is 4.59. The van der Waals surface area contributed by atoms with E-state index in [-0.39, 0.29) is 29.4 Å². The summed E-state index contributed by atoms with van der Waals surface area (Å²) in [6.07, 6.45) is -4.80. The molecule has 0 heterocycles. The first kappa shape index (κ1) is 19.5. The third-order valence-electron chi connectivity index (χ3n) is 3.03. The number of nitro benzene ring substituents is 1. The maximum absolute atomic E-state index is 12.1. The summed E-state index contributed by atoms with van der Waals surface area (Å²) in [5.41, 5.74) is 6.10. The summed E-state index contributed by atoms with van der Waals surface area (Å²) in [4.78, 5) is 10.1. The summed E-state index contributed by atoms with van der Waals surface area (Å²) in [6, 6.07) is 7.11. The number of benzene rings is 2. The van der Waals surface area contributed by atoms with Crippen molar-refractivity contribution in [2.24, 2.45) is 5.73 Å². The molecule has 0 unspecified atom stereocenters. The van der Waals surface area contributed by atoms with Gasteiger partial charge in [-0.05, 0) is 23.8 Å². The molecule has 0 bridgehead atoms. The minimum Gasteiger partial charge on any atom is -0.508 e. The van der Waals surface area contributed by atoms with Gasteiger partial charge in [0.25, 0.3) is 5.69 Å². The topological polar surface area (TPSA) is 98.6 Å². The molecule has 0 fully saturated rings. The number of phenolic OH excluding ortho intramolecular Hbond substituents is 1. The van der Waals surface area contributed by atoms with Crippen molar-refractivity contribution in [2.45, 2.75) is 12.4 Å². The molecule has 0 aromatic heterocycles. The van der Waals surface area contributed by atoms with Gasteiger partial charge in [-0.25, -0.2) is 0 Å². The Morgan fingerprint density at radius 2 is 1.75 bits per heavy atom. The SMILES string of the molecule is Cl.N[C@H](c1ccc(OC(F)(F)F)cc1)c1cc([N+](=O)[O-])ccc1O. The second kappa shape index (κ2) is 7.37. The molecule has 0 radical (unpaired) electrons. The number of hydrogen-bond donors (Lipinski definition) is 2. The Bertz CT molecular complexity index is 723. The van der Waals surface area contributed by atoms with Crippen molar-refractivity contribution < 1.29 is 27.9 Å². The zero-order valence-corrected chi connectivity index (χ0v) is 12.7. The van der Waals surface area contributed by atoms with E-state index in [0.29, 0.717) is 5.56 Å². The van der Waals surface area contributed by atoms with Crippen LogP contribution in [0.5, 0.6) is 11.5 Å². The molecule has 0 amide bonds. The highest BCUT2D eigenvalue weighted by Gasteiger charge is 2.31. The van der Waals surface area contributed by atoms with Crippen LogP contribution in [0.2, 0.25) is 0 Å². The third kappa shape index (κ3) is 4.74. The number of alkyl halides is 3. The summed E-state index contributed by atoms with van der Waals surface area (Å²) >= 11 is 0. The Labute approximate surface area is 140 Å². The van der Waals surface area contributed by atoms with E-state index in [1.165, 1.54) is 12.1 Å². The molecule has 2 rings (SSSR count). The van der Waals surface area contributed by atoms with Crippen molar-refractivity contribution in [3.8, 4) is 11.5 Å². The van der Waals surface area contributed by atoms with E-state index in [4.69, 9.17) is 5.73 Å². The van der Waals surface area contributed by atoms with Gasteiger partial charge in [-0.2, -0.15) is 0 Å². The van der Waals surface area contributed by atoms with Crippen molar-refractivity contribution >= 4 is 18.1 Å². The zero-order chi connectivity index (χ0) is 17.2. The molecular formula is C14H12ClF3N2O4. The number of halogens is 4. The first-order valence-corrected chi connectivity index (χ1v) is 6.26. The number of aromatic hydroxyl groups is 1. The van der Waals surface area contributed by atoms with E-state index < -0.39 is 23.1 Å². The summed E-state index contributed by atoms with van der Waals surface area (Å²) < 4.78 is 40.0. The maximum Gasteiger partial charge on any atom is 0.573 e. The number of phenols is 1. The van der Waals surface area contributed by atoms with Gasteiger partial charge in [-0.1, -0.05) is 12.1 Å². The fourth-order valence-electron chi connectivity index (χ4n) is 1.96. The van der Waals surface area contributed by atoms with Crippen LogP contribution in [0.25, 0.3) is 0 Å². The Morgan fingerprint density at radius 3 is 2.25 bits per heavy atom. The molecule has 10 heteroatoms. The first-order chi connectivity index (χ1) is 10.7. The number of ether oxygens (including phenoxy) is 1. The quantitative estimate of drug-likeness (QED) is 0.637. The summed E-state index contributed by atoms with van der Waals surface area (Å²) in [5.74, 6) is -0.671. The van der Waals surface area contributed by atoms with E-state index in [0.717, 1.165) is 30.3 Å². The van der Waals surface area contributed by atoms with Gasteiger partial charge in [0, 0.05) is 17.7 Å². The van der Waals surface area contributed by atoms with E-state index in [9.17, 15) is 28.4 Å². The number of non-ortho nitro benzene ring substituents is 1. The van der Waals surface area contributed by atoms with Gasteiger partial charge in [0.15, 0.2) is 0 Å². The lowest BCUT2D eigenvalue weighted by Gasteiger charge is -2.15. The molecule has 0 aliphatic heterocycles. The highest BCUT2D eigenvalue weighted by atomic mass is 35.5. The van der Waals surface area contributed by atoms with E-state index in [2.05, 4.69) is 4.74 Å². The van der Waals surface area contributed by atoms with Crippen LogP contribution in [0.1, 0.15) is 17.2 Å². The average Bonchev–Trinajstić information content (AvgIpc) is 2.46. The fourth-order valence-corrected chi connectivity index (χ4v) is 1.96. The van der Waals surface area contributed by atoms with Crippen LogP contribution in [0.4, 0.5) is 18.9 Å². The molecule has 0 saturated carbocycles. The number of hydrogen-bond acceptors (Lipinski definition) is 5. The molecule has 0 spiro atoms. The number of nitro groups is 1. The maximum atomic E-state index is 12.1. The molecule has 1 atom stereocenters. The molecule has 2 aromatic carbocycles. The van der Waals surface area contributed by atoms with Gasteiger partial charge in [0.2, 0.25) is 0 Å². The Hall–Kier alpha value is -2.52. The highest BCUT2D eigenvalue weighted by molar-refractivity contribution is 5.85. The van der Waals surface area contributed by atoms with Crippen LogP contribution in [-0.4, -0.2) is 16.4 Å². The summed E-state index contributed by atoms with van der Waals surface area (Å²) in [6.45, 7) is 0. The predicted molar refractivity (Wildman–Crippen MR) is 81.2 cm³/mol. The Kier molecular flexibility index (Phi) is 5.99. The molecule has 0 aliphatic carbocycles. The van der Waals surface area contributed by atoms with E-state index >= 15 is 0 Å². The van der Waals surface area contributed by atoms with Crippen molar-refractivity contribution in [1.82, 2.24) is 0 Å². The standard InChI is InChI=1S/C14H11F3N2O4.ClH/c15-14(16,17)23-10-4-1-8(2-5-10)13(18)11-7-9(19(21)22)3-6-12(11)20;/h1-7,13,20H,18H2;1H/t13-;/m1./s1. The highest BCUT2D eigenvalue weighted by Crippen LogP contribution is 2.32. The van der Waals surface area contributed by atoms with Gasteiger partial charge in [0.1, 0.15) is 11.5 Å². The lowest BCUT2D eigenvalue weighted by molar-refractivity contribution is -0.385. The van der Waals surface area contributed by atoms with Crippen LogP contribution in [0.15, 0.2) is 42.5 Å². The molecule has 130 valence electrons. The molecule has 0 saturated heterocycles. The monoisotopic (exact) mass is 364 g/mol. The van der Waals surface area contributed by atoms with Gasteiger partial charge < -0.3 is 15.6 Å². The number of rotatable bonds is 4. The summed E-state index contributed by atoms with van der Waals surface area (Å²) in [7, 11) is 0. The molecule has 2 aromatic rings. The fraction of sp³-hybridized carbons (Fsp3) is 0.143. The molecule has 3 N–H and O–H groups in total. The van der Waals surface area contributed by atoms with Crippen molar-refractivity contribution in [2.75, 3.05) is 0 Å². The van der Waals surface area contributed by atoms with Gasteiger partial charge >= 0.3 is 6.36 Å². The number of nitrogens with zero attached hydrogens (tertiary/aromatic N) is 1. The van der Waals surface area contributed by atoms with Crippen LogP contribution in [-0.2, 0) is 0 Å². The Balaban J connectivity index is 0.00000288. The first-order valence-electron chi connectivity index (χ1n) is 6.26. The molecule has 24 heavy (non-hydrogen) atoms. The normalized spacial score (nSPS) is 12.2. The minimum atomic E-state index is -4.80. The van der Waals surface area contributed by atoms with Crippen molar-refractivity contribution in [3.63, 3.8) is 0 Å². The van der Waals surface area contributed by atoms with Crippen LogP contribution in [0.3, 0.4) is 0 Å². The second-order valence-electron chi connectivity index (χ2n) is 4.59.